The van der Waals surface area contributed by atoms with Crippen LogP contribution in [0.25, 0.3) is 0 Å². The SMILES string of the molecule is CCC(C(=O)O)C1(O)CSC(C)C1. The Morgan fingerprint density at radius 3 is 2.69 bits per heavy atom. The molecule has 3 unspecified atom stereocenters. The van der Waals surface area contributed by atoms with Gasteiger partial charge in [0.1, 0.15) is 0 Å². The lowest BCUT2D eigenvalue weighted by atomic mass is 9.84. The van der Waals surface area contributed by atoms with Gasteiger partial charge in [-0.2, -0.15) is 11.8 Å². The Morgan fingerprint density at radius 1 is 1.77 bits per heavy atom. The molecule has 0 amide bonds. The molecule has 1 aliphatic rings. The Kier molecular flexibility index (Phi) is 3.24. The van der Waals surface area contributed by atoms with Crippen LogP contribution in [0, 0.1) is 5.92 Å². The van der Waals surface area contributed by atoms with E-state index < -0.39 is 17.5 Å². The van der Waals surface area contributed by atoms with Crippen LogP contribution in [-0.4, -0.2) is 32.8 Å². The van der Waals surface area contributed by atoms with Gasteiger partial charge in [-0.1, -0.05) is 13.8 Å². The average molecular weight is 204 g/mol. The Labute approximate surface area is 82.5 Å². The van der Waals surface area contributed by atoms with Crippen molar-refractivity contribution >= 4 is 17.7 Å². The monoisotopic (exact) mass is 204 g/mol. The Hall–Kier alpha value is -0.220. The van der Waals surface area contributed by atoms with Crippen molar-refractivity contribution in [2.24, 2.45) is 5.92 Å². The molecule has 3 nitrogen and oxygen atoms in total. The molecule has 0 aromatic carbocycles. The summed E-state index contributed by atoms with van der Waals surface area (Å²) in [6.07, 6.45) is 1.10. The van der Waals surface area contributed by atoms with Crippen LogP contribution in [0.4, 0.5) is 0 Å². The number of rotatable bonds is 3. The first-order valence-corrected chi connectivity index (χ1v) is 5.61. The third kappa shape index (κ3) is 2.17. The highest BCUT2D eigenvalue weighted by atomic mass is 32.2. The molecule has 3 atom stereocenters. The minimum atomic E-state index is -0.981. The topological polar surface area (TPSA) is 57.5 Å². The predicted octanol–water partition coefficient (Wildman–Crippen LogP) is 1.35. The van der Waals surface area contributed by atoms with Crippen LogP contribution >= 0.6 is 11.8 Å². The number of carboxylic acids is 1. The molecule has 0 bridgehead atoms. The van der Waals surface area contributed by atoms with Gasteiger partial charge < -0.3 is 10.2 Å². The van der Waals surface area contributed by atoms with Gasteiger partial charge in [-0.3, -0.25) is 4.79 Å². The standard InChI is InChI=1S/C9H16O3S/c1-3-7(8(10)11)9(12)4-6(2)13-5-9/h6-7,12H,3-5H2,1-2H3,(H,10,11). The number of carbonyl (C=O) groups is 1. The van der Waals surface area contributed by atoms with Crippen molar-refractivity contribution in [1.82, 2.24) is 0 Å². The van der Waals surface area contributed by atoms with Crippen LogP contribution in [0.1, 0.15) is 26.7 Å². The minimum Gasteiger partial charge on any atom is -0.481 e. The highest BCUT2D eigenvalue weighted by Gasteiger charge is 2.45. The number of aliphatic hydroxyl groups is 1. The van der Waals surface area contributed by atoms with E-state index in [4.69, 9.17) is 5.11 Å². The third-order valence-corrected chi connectivity index (χ3v) is 4.02. The lowest BCUT2D eigenvalue weighted by Gasteiger charge is -2.28. The largest absolute Gasteiger partial charge is 0.481 e. The molecule has 0 radical (unpaired) electrons. The second-order valence-corrected chi connectivity index (χ2v) is 5.16. The first kappa shape index (κ1) is 10.9. The van der Waals surface area contributed by atoms with E-state index in [9.17, 15) is 9.90 Å². The van der Waals surface area contributed by atoms with Gasteiger partial charge in [0.25, 0.3) is 0 Å². The highest BCUT2D eigenvalue weighted by molar-refractivity contribution is 8.00. The summed E-state index contributed by atoms with van der Waals surface area (Å²) >= 11 is 1.65. The van der Waals surface area contributed by atoms with Crippen LogP contribution < -0.4 is 0 Å². The molecule has 1 heterocycles. The molecular weight excluding hydrogens is 188 g/mol. The summed E-state index contributed by atoms with van der Waals surface area (Å²) in [5, 5.41) is 19.4. The summed E-state index contributed by atoms with van der Waals surface area (Å²) in [6, 6.07) is 0. The maximum absolute atomic E-state index is 10.9. The van der Waals surface area contributed by atoms with Gasteiger partial charge in [-0.25, -0.2) is 0 Å². The second kappa shape index (κ2) is 3.88. The fraction of sp³-hybridized carbons (Fsp3) is 0.889. The summed E-state index contributed by atoms with van der Waals surface area (Å²) in [7, 11) is 0. The van der Waals surface area contributed by atoms with Gasteiger partial charge in [0.2, 0.25) is 0 Å². The van der Waals surface area contributed by atoms with Crippen molar-refractivity contribution in [1.29, 1.82) is 0 Å². The van der Waals surface area contributed by atoms with Crippen LogP contribution in [0.2, 0.25) is 0 Å². The van der Waals surface area contributed by atoms with Crippen LogP contribution in [-0.2, 0) is 4.79 Å². The van der Waals surface area contributed by atoms with Crippen molar-refractivity contribution in [2.45, 2.75) is 37.5 Å². The molecule has 0 aromatic rings. The predicted molar refractivity (Wildman–Crippen MR) is 52.9 cm³/mol. The van der Waals surface area contributed by atoms with E-state index in [1.807, 2.05) is 13.8 Å². The zero-order valence-corrected chi connectivity index (χ0v) is 8.80. The van der Waals surface area contributed by atoms with Crippen molar-refractivity contribution in [2.75, 3.05) is 5.75 Å². The minimum absolute atomic E-state index is 0.374. The van der Waals surface area contributed by atoms with Gasteiger partial charge in [-0.15, -0.1) is 0 Å². The number of aliphatic carboxylic acids is 1. The van der Waals surface area contributed by atoms with E-state index in [0.717, 1.165) is 0 Å². The number of carboxylic acid groups (broad SMARTS) is 1. The van der Waals surface area contributed by atoms with Crippen molar-refractivity contribution in [3.63, 3.8) is 0 Å². The molecule has 1 fully saturated rings. The first-order chi connectivity index (χ1) is 5.99. The molecule has 1 rings (SSSR count). The molecular formula is C9H16O3S. The molecule has 1 aliphatic heterocycles. The van der Waals surface area contributed by atoms with Gasteiger partial charge in [0, 0.05) is 11.0 Å². The maximum Gasteiger partial charge on any atom is 0.309 e. The summed E-state index contributed by atoms with van der Waals surface area (Å²) in [4.78, 5) is 10.9. The Morgan fingerprint density at radius 2 is 2.38 bits per heavy atom. The van der Waals surface area contributed by atoms with Gasteiger partial charge in [0.05, 0.1) is 11.5 Å². The Bertz CT molecular complexity index is 207. The quantitative estimate of drug-likeness (QED) is 0.728. The average Bonchev–Trinajstić information content (AvgIpc) is 2.32. The van der Waals surface area contributed by atoms with Crippen LogP contribution in [0.5, 0.6) is 0 Å². The van der Waals surface area contributed by atoms with Crippen molar-refractivity contribution in [3.05, 3.63) is 0 Å². The summed E-state index contributed by atoms with van der Waals surface area (Å²) < 4.78 is 0. The number of hydrogen-bond acceptors (Lipinski definition) is 3. The Balaban J connectivity index is 2.72. The fourth-order valence-corrected chi connectivity index (χ4v) is 3.23. The van der Waals surface area contributed by atoms with E-state index in [1.54, 1.807) is 11.8 Å². The fourth-order valence-electron chi connectivity index (χ4n) is 1.93. The lowest BCUT2D eigenvalue weighted by Crippen LogP contribution is -2.42. The van der Waals surface area contributed by atoms with Gasteiger partial charge >= 0.3 is 5.97 Å². The van der Waals surface area contributed by atoms with Gasteiger partial charge in [-0.05, 0) is 12.8 Å². The molecule has 76 valence electrons. The molecule has 0 spiro atoms. The van der Waals surface area contributed by atoms with Crippen LogP contribution in [0.15, 0.2) is 0 Å². The molecule has 1 saturated heterocycles. The van der Waals surface area contributed by atoms with Crippen LogP contribution in [0.3, 0.4) is 0 Å². The second-order valence-electron chi connectivity index (χ2n) is 3.73. The summed E-state index contributed by atoms with van der Waals surface area (Å²) in [6.45, 7) is 3.83. The lowest BCUT2D eigenvalue weighted by molar-refractivity contribution is -0.150. The normalized spacial score (nSPS) is 36.1. The highest BCUT2D eigenvalue weighted by Crippen LogP contribution is 2.40. The molecule has 4 heteroatoms. The summed E-state index contributed by atoms with van der Waals surface area (Å²) in [5.74, 6) is -0.927. The van der Waals surface area contributed by atoms with E-state index in [-0.39, 0.29) is 0 Å². The number of thioether (sulfide) groups is 1. The maximum atomic E-state index is 10.9. The molecule has 0 aliphatic carbocycles. The van der Waals surface area contributed by atoms with E-state index in [0.29, 0.717) is 23.8 Å². The van der Waals surface area contributed by atoms with E-state index in [2.05, 4.69) is 0 Å². The van der Waals surface area contributed by atoms with E-state index in [1.165, 1.54) is 0 Å². The molecule has 2 N–H and O–H groups in total. The third-order valence-electron chi connectivity index (χ3n) is 2.61. The summed E-state index contributed by atoms with van der Waals surface area (Å²) in [5.41, 5.74) is -0.981. The molecule has 0 saturated carbocycles. The van der Waals surface area contributed by atoms with Crippen molar-refractivity contribution in [3.8, 4) is 0 Å². The molecule has 0 aromatic heterocycles. The van der Waals surface area contributed by atoms with E-state index >= 15 is 0 Å². The first-order valence-electron chi connectivity index (χ1n) is 4.56. The zero-order chi connectivity index (χ0) is 10.1. The molecule has 13 heavy (non-hydrogen) atoms. The van der Waals surface area contributed by atoms with Crippen molar-refractivity contribution < 1.29 is 15.0 Å². The smallest absolute Gasteiger partial charge is 0.309 e. The zero-order valence-electron chi connectivity index (χ0n) is 7.99. The van der Waals surface area contributed by atoms with Gasteiger partial charge in [0.15, 0.2) is 0 Å². The number of hydrogen-bond donors (Lipinski definition) is 2.